The number of hydrogen-bond acceptors (Lipinski definition) is 1. The van der Waals surface area contributed by atoms with E-state index in [9.17, 15) is 0 Å². The van der Waals surface area contributed by atoms with Crippen LogP contribution in [-0.4, -0.2) is 9.78 Å². The standard InChI is InChI=1S/C15H13IN2/c1-11-4-2-3-5-13(11)10-18-15-8-14(16)7-6-12(15)9-17-18/h2-9H,10H2,1H3. The van der Waals surface area contributed by atoms with Crippen LogP contribution < -0.4 is 0 Å². The third kappa shape index (κ3) is 2.14. The Morgan fingerprint density at radius 2 is 2.00 bits per heavy atom. The van der Waals surface area contributed by atoms with Crippen LogP contribution in [0.2, 0.25) is 0 Å². The molecule has 3 heteroatoms. The highest BCUT2D eigenvalue weighted by molar-refractivity contribution is 14.1. The smallest absolute Gasteiger partial charge is 0.0696 e. The maximum absolute atomic E-state index is 4.49. The molecule has 2 aromatic carbocycles. The van der Waals surface area contributed by atoms with Crippen molar-refractivity contribution in [3.63, 3.8) is 0 Å². The predicted molar refractivity (Wildman–Crippen MR) is 82.7 cm³/mol. The summed E-state index contributed by atoms with van der Waals surface area (Å²) in [5.74, 6) is 0. The van der Waals surface area contributed by atoms with E-state index in [2.05, 4.69) is 81.8 Å². The summed E-state index contributed by atoms with van der Waals surface area (Å²) in [6, 6.07) is 14.9. The van der Waals surface area contributed by atoms with Gasteiger partial charge in [0.2, 0.25) is 0 Å². The van der Waals surface area contributed by atoms with Gasteiger partial charge in [0.25, 0.3) is 0 Å². The summed E-state index contributed by atoms with van der Waals surface area (Å²) in [7, 11) is 0. The molecule has 90 valence electrons. The van der Waals surface area contributed by atoms with Gasteiger partial charge in [0.05, 0.1) is 18.3 Å². The Labute approximate surface area is 120 Å². The summed E-state index contributed by atoms with van der Waals surface area (Å²) < 4.78 is 3.31. The summed E-state index contributed by atoms with van der Waals surface area (Å²) in [5.41, 5.74) is 3.83. The zero-order valence-corrected chi connectivity index (χ0v) is 12.3. The molecule has 3 aromatic rings. The zero-order chi connectivity index (χ0) is 12.5. The minimum absolute atomic E-state index is 0.830. The first-order chi connectivity index (χ1) is 8.74. The summed E-state index contributed by atoms with van der Waals surface area (Å²) in [4.78, 5) is 0. The topological polar surface area (TPSA) is 17.8 Å². The monoisotopic (exact) mass is 348 g/mol. The molecule has 3 rings (SSSR count). The minimum atomic E-state index is 0.830. The van der Waals surface area contributed by atoms with Crippen LogP contribution in [0.1, 0.15) is 11.1 Å². The molecule has 0 saturated heterocycles. The van der Waals surface area contributed by atoms with Crippen molar-refractivity contribution in [1.82, 2.24) is 9.78 Å². The van der Waals surface area contributed by atoms with Crippen LogP contribution in [0.3, 0.4) is 0 Å². The zero-order valence-electron chi connectivity index (χ0n) is 10.1. The lowest BCUT2D eigenvalue weighted by molar-refractivity contribution is 0.709. The number of benzene rings is 2. The van der Waals surface area contributed by atoms with Gasteiger partial charge in [-0.05, 0) is 52.8 Å². The second-order valence-electron chi connectivity index (χ2n) is 4.43. The van der Waals surface area contributed by atoms with Crippen molar-refractivity contribution in [3.8, 4) is 0 Å². The van der Waals surface area contributed by atoms with Crippen LogP contribution in [0.15, 0.2) is 48.7 Å². The minimum Gasteiger partial charge on any atom is -0.260 e. The maximum atomic E-state index is 4.49. The molecule has 0 saturated carbocycles. The Bertz CT molecular complexity index is 701. The van der Waals surface area contributed by atoms with E-state index in [1.807, 2.05) is 6.20 Å². The van der Waals surface area contributed by atoms with Gasteiger partial charge in [-0.1, -0.05) is 30.3 Å². The van der Waals surface area contributed by atoms with Gasteiger partial charge in [-0.15, -0.1) is 0 Å². The van der Waals surface area contributed by atoms with Gasteiger partial charge in [-0.25, -0.2) is 0 Å². The van der Waals surface area contributed by atoms with Crippen molar-refractivity contribution < 1.29 is 0 Å². The van der Waals surface area contributed by atoms with E-state index in [4.69, 9.17) is 0 Å². The number of hydrogen-bond donors (Lipinski definition) is 0. The number of nitrogens with zero attached hydrogens (tertiary/aromatic N) is 2. The van der Waals surface area contributed by atoms with Crippen LogP contribution >= 0.6 is 22.6 Å². The Hall–Kier alpha value is -1.36. The van der Waals surface area contributed by atoms with E-state index < -0.39 is 0 Å². The summed E-state index contributed by atoms with van der Waals surface area (Å²) in [5, 5.41) is 5.68. The maximum Gasteiger partial charge on any atom is 0.0696 e. The predicted octanol–water partition coefficient (Wildman–Crippen LogP) is 4.00. The number of aryl methyl sites for hydroxylation is 1. The fourth-order valence-corrected chi connectivity index (χ4v) is 2.59. The third-order valence-electron chi connectivity index (χ3n) is 3.19. The van der Waals surface area contributed by atoms with Gasteiger partial charge in [-0.2, -0.15) is 5.10 Å². The number of rotatable bonds is 2. The Morgan fingerprint density at radius 3 is 2.83 bits per heavy atom. The van der Waals surface area contributed by atoms with Crippen LogP contribution in [-0.2, 0) is 6.54 Å². The lowest BCUT2D eigenvalue weighted by Gasteiger charge is -2.07. The highest BCUT2D eigenvalue weighted by Crippen LogP contribution is 2.19. The van der Waals surface area contributed by atoms with E-state index >= 15 is 0 Å². The molecule has 2 nitrogen and oxygen atoms in total. The molecule has 0 aliphatic carbocycles. The summed E-state index contributed by atoms with van der Waals surface area (Å²) >= 11 is 2.34. The highest BCUT2D eigenvalue weighted by atomic mass is 127. The van der Waals surface area contributed by atoms with E-state index in [0.717, 1.165) is 6.54 Å². The second kappa shape index (κ2) is 4.72. The number of fused-ring (bicyclic) bond motifs is 1. The molecule has 0 bridgehead atoms. The lowest BCUT2D eigenvalue weighted by Crippen LogP contribution is -2.02. The van der Waals surface area contributed by atoms with E-state index in [1.54, 1.807) is 0 Å². The van der Waals surface area contributed by atoms with Crippen LogP contribution in [0, 0.1) is 10.5 Å². The lowest BCUT2D eigenvalue weighted by atomic mass is 10.1. The molecule has 0 aliphatic heterocycles. The SMILES string of the molecule is Cc1ccccc1Cn1ncc2ccc(I)cc21. The second-order valence-corrected chi connectivity index (χ2v) is 5.68. The van der Waals surface area contributed by atoms with E-state index in [0.29, 0.717) is 0 Å². The Kier molecular flexibility index (Phi) is 3.07. The fourth-order valence-electron chi connectivity index (χ4n) is 2.12. The summed E-state index contributed by atoms with van der Waals surface area (Å²) in [6.45, 7) is 2.97. The fraction of sp³-hybridized carbons (Fsp3) is 0.133. The van der Waals surface area contributed by atoms with Gasteiger partial charge in [0, 0.05) is 8.96 Å². The van der Waals surface area contributed by atoms with Crippen molar-refractivity contribution in [2.75, 3.05) is 0 Å². The molecule has 0 spiro atoms. The van der Waals surface area contributed by atoms with Gasteiger partial charge in [-0.3, -0.25) is 4.68 Å². The molecule has 1 aromatic heterocycles. The average Bonchev–Trinajstić information content (AvgIpc) is 2.75. The van der Waals surface area contributed by atoms with Crippen molar-refractivity contribution >= 4 is 33.5 Å². The first-order valence-corrected chi connectivity index (χ1v) is 6.97. The number of halogens is 1. The Morgan fingerprint density at radius 1 is 1.17 bits per heavy atom. The first kappa shape index (κ1) is 11.7. The normalized spacial score (nSPS) is 11.0. The van der Waals surface area contributed by atoms with Crippen molar-refractivity contribution in [2.24, 2.45) is 0 Å². The van der Waals surface area contributed by atoms with E-state index in [-0.39, 0.29) is 0 Å². The Balaban J connectivity index is 2.05. The molecule has 0 fully saturated rings. The molecular weight excluding hydrogens is 335 g/mol. The largest absolute Gasteiger partial charge is 0.260 e. The molecule has 0 N–H and O–H groups in total. The van der Waals surface area contributed by atoms with Crippen LogP contribution in [0.25, 0.3) is 10.9 Å². The molecule has 0 atom stereocenters. The molecular formula is C15H13IN2. The average molecular weight is 348 g/mol. The summed E-state index contributed by atoms with van der Waals surface area (Å²) in [6.07, 6.45) is 1.93. The number of aromatic nitrogens is 2. The van der Waals surface area contributed by atoms with Gasteiger partial charge < -0.3 is 0 Å². The van der Waals surface area contributed by atoms with Gasteiger partial charge in [0.1, 0.15) is 0 Å². The van der Waals surface area contributed by atoms with Crippen molar-refractivity contribution in [1.29, 1.82) is 0 Å². The van der Waals surface area contributed by atoms with Gasteiger partial charge >= 0.3 is 0 Å². The quantitative estimate of drug-likeness (QED) is 0.640. The van der Waals surface area contributed by atoms with Crippen LogP contribution in [0.4, 0.5) is 0 Å². The molecule has 0 amide bonds. The molecule has 0 unspecified atom stereocenters. The molecule has 0 aliphatic rings. The molecule has 1 heterocycles. The van der Waals surface area contributed by atoms with Crippen molar-refractivity contribution in [3.05, 3.63) is 63.4 Å². The third-order valence-corrected chi connectivity index (χ3v) is 3.86. The van der Waals surface area contributed by atoms with Crippen LogP contribution in [0.5, 0.6) is 0 Å². The first-order valence-electron chi connectivity index (χ1n) is 5.89. The molecule has 0 radical (unpaired) electrons. The van der Waals surface area contributed by atoms with Gasteiger partial charge in [0.15, 0.2) is 0 Å². The van der Waals surface area contributed by atoms with E-state index in [1.165, 1.54) is 25.6 Å². The highest BCUT2D eigenvalue weighted by Gasteiger charge is 2.05. The molecule has 18 heavy (non-hydrogen) atoms. The van der Waals surface area contributed by atoms with Crippen molar-refractivity contribution in [2.45, 2.75) is 13.5 Å².